The molecule has 3 nitrogen and oxygen atoms in total. The van der Waals surface area contributed by atoms with Gasteiger partial charge in [-0.15, -0.1) is 0 Å². The summed E-state index contributed by atoms with van der Waals surface area (Å²) in [6.07, 6.45) is 8.57. The lowest BCUT2D eigenvalue weighted by atomic mass is 9.99. The van der Waals surface area contributed by atoms with Crippen LogP contribution in [0.5, 0.6) is 0 Å². The number of hydrogen-bond acceptors (Lipinski definition) is 3. The standard InChI is InChI=1S/C10H17N3/c1-9-3-7-13(8-4-9)10-11-5-2-6-12-10/h2,5-6,9-11H,3-4,7-8H2,1H3. The van der Waals surface area contributed by atoms with Gasteiger partial charge in [0.1, 0.15) is 0 Å². The maximum absolute atomic E-state index is 4.38. The number of aliphatic imine (C=N–C) groups is 1. The van der Waals surface area contributed by atoms with Crippen molar-refractivity contribution in [3.63, 3.8) is 0 Å². The van der Waals surface area contributed by atoms with Crippen molar-refractivity contribution in [2.75, 3.05) is 13.1 Å². The topological polar surface area (TPSA) is 27.6 Å². The van der Waals surface area contributed by atoms with Crippen LogP contribution in [0.15, 0.2) is 17.3 Å². The molecule has 1 saturated heterocycles. The first-order valence-electron chi connectivity index (χ1n) is 5.04. The molecule has 1 fully saturated rings. The van der Waals surface area contributed by atoms with Crippen molar-refractivity contribution in [3.05, 3.63) is 12.3 Å². The summed E-state index contributed by atoms with van der Waals surface area (Å²) in [5, 5.41) is 3.25. The highest BCUT2D eigenvalue weighted by atomic mass is 15.4. The van der Waals surface area contributed by atoms with Crippen LogP contribution in [-0.4, -0.2) is 30.5 Å². The van der Waals surface area contributed by atoms with E-state index in [0.29, 0.717) is 0 Å². The number of allylic oxidation sites excluding steroid dienone is 1. The Morgan fingerprint density at radius 2 is 2.15 bits per heavy atom. The molecule has 0 aliphatic carbocycles. The van der Waals surface area contributed by atoms with Crippen LogP contribution in [0, 0.1) is 5.92 Å². The van der Waals surface area contributed by atoms with Gasteiger partial charge in [0.2, 0.25) is 0 Å². The summed E-state index contributed by atoms with van der Waals surface area (Å²) in [5.74, 6) is 0.888. The van der Waals surface area contributed by atoms with Crippen molar-refractivity contribution in [3.8, 4) is 0 Å². The van der Waals surface area contributed by atoms with Crippen LogP contribution in [0.25, 0.3) is 0 Å². The molecular weight excluding hydrogens is 162 g/mol. The Morgan fingerprint density at radius 3 is 2.77 bits per heavy atom. The second kappa shape index (κ2) is 3.92. The fourth-order valence-corrected chi connectivity index (χ4v) is 1.83. The summed E-state index contributed by atoms with van der Waals surface area (Å²) in [6.45, 7) is 4.67. The molecule has 0 saturated carbocycles. The number of hydrogen-bond donors (Lipinski definition) is 1. The normalized spacial score (nSPS) is 30.4. The largest absolute Gasteiger partial charge is 0.358 e. The zero-order chi connectivity index (χ0) is 9.10. The van der Waals surface area contributed by atoms with E-state index >= 15 is 0 Å². The van der Waals surface area contributed by atoms with E-state index in [-0.39, 0.29) is 6.29 Å². The molecule has 1 unspecified atom stereocenters. The maximum atomic E-state index is 4.38. The molecule has 13 heavy (non-hydrogen) atoms. The van der Waals surface area contributed by atoms with Crippen molar-refractivity contribution in [1.29, 1.82) is 0 Å². The molecule has 0 bridgehead atoms. The molecule has 2 rings (SSSR count). The maximum Gasteiger partial charge on any atom is 0.175 e. The molecular formula is C10H17N3. The van der Waals surface area contributed by atoms with E-state index in [2.05, 4.69) is 22.1 Å². The van der Waals surface area contributed by atoms with Crippen LogP contribution in [0.2, 0.25) is 0 Å². The third-order valence-electron chi connectivity index (χ3n) is 2.82. The first-order valence-corrected chi connectivity index (χ1v) is 5.04. The van der Waals surface area contributed by atoms with Gasteiger partial charge in [-0.2, -0.15) is 0 Å². The third-order valence-corrected chi connectivity index (χ3v) is 2.82. The Bertz CT molecular complexity index is 214. The lowest BCUT2D eigenvalue weighted by Crippen LogP contribution is -2.47. The van der Waals surface area contributed by atoms with Crippen molar-refractivity contribution in [1.82, 2.24) is 10.2 Å². The van der Waals surface area contributed by atoms with Crippen LogP contribution >= 0.6 is 0 Å². The predicted octanol–water partition coefficient (Wildman–Crippen LogP) is 1.19. The van der Waals surface area contributed by atoms with Crippen LogP contribution in [0.4, 0.5) is 0 Å². The molecule has 0 aromatic carbocycles. The van der Waals surface area contributed by atoms with Gasteiger partial charge in [0.15, 0.2) is 6.29 Å². The molecule has 0 amide bonds. The highest BCUT2D eigenvalue weighted by molar-refractivity contribution is 5.71. The summed E-state index contributed by atoms with van der Waals surface area (Å²) >= 11 is 0. The van der Waals surface area contributed by atoms with Crippen molar-refractivity contribution >= 4 is 6.21 Å². The summed E-state index contributed by atoms with van der Waals surface area (Å²) in [4.78, 5) is 6.78. The molecule has 0 aromatic heterocycles. The van der Waals surface area contributed by atoms with E-state index in [1.165, 1.54) is 25.9 Å². The van der Waals surface area contributed by atoms with Crippen LogP contribution in [0.1, 0.15) is 19.8 Å². The summed E-state index contributed by atoms with van der Waals surface area (Å²) in [7, 11) is 0. The van der Waals surface area contributed by atoms with Gasteiger partial charge in [-0.05, 0) is 24.8 Å². The van der Waals surface area contributed by atoms with Gasteiger partial charge in [-0.25, -0.2) is 0 Å². The van der Waals surface area contributed by atoms with Crippen LogP contribution in [-0.2, 0) is 0 Å². The number of likely N-dealkylation sites (tertiary alicyclic amines) is 1. The zero-order valence-electron chi connectivity index (χ0n) is 8.11. The fraction of sp³-hybridized carbons (Fsp3) is 0.700. The minimum absolute atomic E-state index is 0.192. The van der Waals surface area contributed by atoms with Gasteiger partial charge >= 0.3 is 0 Å². The lowest BCUT2D eigenvalue weighted by Gasteiger charge is -2.35. The molecule has 1 atom stereocenters. The van der Waals surface area contributed by atoms with Gasteiger partial charge < -0.3 is 5.32 Å². The Labute approximate surface area is 79.5 Å². The van der Waals surface area contributed by atoms with Crippen LogP contribution in [0.3, 0.4) is 0 Å². The van der Waals surface area contributed by atoms with Gasteiger partial charge in [0.25, 0.3) is 0 Å². The average Bonchev–Trinajstić information content (AvgIpc) is 2.20. The SMILES string of the molecule is CC1CCN(C2N=CC=CN2)CC1. The number of rotatable bonds is 1. The molecule has 0 radical (unpaired) electrons. The van der Waals surface area contributed by atoms with E-state index < -0.39 is 0 Å². The molecule has 3 heteroatoms. The van der Waals surface area contributed by atoms with Crippen molar-refractivity contribution < 1.29 is 0 Å². The van der Waals surface area contributed by atoms with Gasteiger partial charge in [-0.1, -0.05) is 6.92 Å². The first-order chi connectivity index (χ1) is 6.36. The fourth-order valence-electron chi connectivity index (χ4n) is 1.83. The lowest BCUT2D eigenvalue weighted by molar-refractivity contribution is 0.129. The Kier molecular flexibility index (Phi) is 2.64. The molecule has 2 aliphatic rings. The van der Waals surface area contributed by atoms with E-state index in [0.717, 1.165) is 5.92 Å². The Hall–Kier alpha value is -0.830. The van der Waals surface area contributed by atoms with Gasteiger partial charge in [0.05, 0.1) is 0 Å². The molecule has 0 aromatic rings. The quantitative estimate of drug-likeness (QED) is 0.654. The van der Waals surface area contributed by atoms with Crippen molar-refractivity contribution in [2.24, 2.45) is 10.9 Å². The molecule has 1 N–H and O–H groups in total. The number of piperidine rings is 1. The summed E-state index contributed by atoms with van der Waals surface area (Å²) < 4.78 is 0. The minimum Gasteiger partial charge on any atom is -0.358 e. The predicted molar refractivity (Wildman–Crippen MR) is 54.5 cm³/mol. The zero-order valence-corrected chi connectivity index (χ0v) is 8.11. The van der Waals surface area contributed by atoms with E-state index in [9.17, 15) is 0 Å². The average molecular weight is 179 g/mol. The highest BCUT2D eigenvalue weighted by Gasteiger charge is 2.21. The Balaban J connectivity index is 1.87. The molecule has 0 spiro atoms. The second-order valence-electron chi connectivity index (χ2n) is 3.92. The van der Waals surface area contributed by atoms with E-state index in [4.69, 9.17) is 0 Å². The van der Waals surface area contributed by atoms with Gasteiger partial charge in [-0.3, -0.25) is 9.89 Å². The van der Waals surface area contributed by atoms with Crippen molar-refractivity contribution in [2.45, 2.75) is 26.1 Å². The first kappa shape index (κ1) is 8.75. The Morgan fingerprint density at radius 1 is 1.38 bits per heavy atom. The third kappa shape index (κ3) is 2.10. The smallest absolute Gasteiger partial charge is 0.175 e. The minimum atomic E-state index is 0.192. The van der Waals surface area contributed by atoms with Crippen LogP contribution < -0.4 is 5.32 Å². The highest BCUT2D eigenvalue weighted by Crippen LogP contribution is 2.17. The summed E-state index contributed by atoms with van der Waals surface area (Å²) in [6, 6.07) is 0. The van der Waals surface area contributed by atoms with Gasteiger partial charge in [0, 0.05) is 25.5 Å². The molecule has 2 aliphatic heterocycles. The van der Waals surface area contributed by atoms with E-state index in [1.807, 2.05) is 18.5 Å². The van der Waals surface area contributed by atoms with E-state index in [1.54, 1.807) is 0 Å². The number of nitrogens with zero attached hydrogens (tertiary/aromatic N) is 2. The monoisotopic (exact) mass is 179 g/mol. The molecule has 2 heterocycles. The number of nitrogens with one attached hydrogen (secondary N) is 1. The molecule has 72 valence electrons. The second-order valence-corrected chi connectivity index (χ2v) is 3.92. The summed E-state index contributed by atoms with van der Waals surface area (Å²) in [5.41, 5.74) is 0.